The van der Waals surface area contributed by atoms with Crippen molar-refractivity contribution in [3.05, 3.63) is 0 Å². The van der Waals surface area contributed by atoms with E-state index in [1.807, 2.05) is 6.92 Å². The molecule has 64 valence electrons. The van der Waals surface area contributed by atoms with E-state index in [0.717, 1.165) is 19.4 Å². The van der Waals surface area contributed by atoms with Crippen molar-refractivity contribution >= 4 is 6.09 Å². The first-order valence-corrected chi connectivity index (χ1v) is 4.01. The van der Waals surface area contributed by atoms with Crippen molar-refractivity contribution < 1.29 is 9.53 Å². The molecular weight excluding hydrogens is 144 g/mol. The Morgan fingerprint density at radius 3 is 3.18 bits per heavy atom. The third-order valence-electron chi connectivity index (χ3n) is 1.59. The van der Waals surface area contributed by atoms with Gasteiger partial charge in [-0.25, -0.2) is 4.79 Å². The average Bonchev–Trinajstić information content (AvgIpc) is 2.40. The molecule has 1 atom stereocenters. The first kappa shape index (κ1) is 8.33. The van der Waals surface area contributed by atoms with Crippen LogP contribution in [0.2, 0.25) is 0 Å². The monoisotopic (exact) mass is 158 g/mol. The zero-order chi connectivity index (χ0) is 8.10. The van der Waals surface area contributed by atoms with E-state index in [1.165, 1.54) is 0 Å². The third-order valence-corrected chi connectivity index (χ3v) is 1.59. The standard InChI is InChI=1S/C7H14N2O2/c1-2-8-7(10)11-6-4-3-5-9-6/h6,9H,2-5H2,1H3,(H,8,10). The molecule has 0 aromatic carbocycles. The molecular formula is C7H14N2O2. The molecule has 0 saturated carbocycles. The average molecular weight is 158 g/mol. The lowest BCUT2D eigenvalue weighted by molar-refractivity contribution is 0.0901. The van der Waals surface area contributed by atoms with Gasteiger partial charge in [0.05, 0.1) is 0 Å². The zero-order valence-corrected chi connectivity index (χ0v) is 6.72. The summed E-state index contributed by atoms with van der Waals surface area (Å²) in [7, 11) is 0. The van der Waals surface area contributed by atoms with E-state index in [-0.39, 0.29) is 12.3 Å². The smallest absolute Gasteiger partial charge is 0.408 e. The van der Waals surface area contributed by atoms with E-state index < -0.39 is 0 Å². The van der Waals surface area contributed by atoms with Crippen LogP contribution in [0.5, 0.6) is 0 Å². The third kappa shape index (κ3) is 2.76. The Bertz CT molecular complexity index is 132. The second-order valence-corrected chi connectivity index (χ2v) is 2.52. The maximum Gasteiger partial charge on any atom is 0.408 e. The number of nitrogens with one attached hydrogen (secondary N) is 2. The van der Waals surface area contributed by atoms with Gasteiger partial charge in [-0.05, 0) is 26.3 Å². The number of amides is 1. The molecule has 0 aliphatic carbocycles. The van der Waals surface area contributed by atoms with Crippen LogP contribution >= 0.6 is 0 Å². The predicted molar refractivity (Wildman–Crippen MR) is 41.2 cm³/mol. The van der Waals surface area contributed by atoms with Gasteiger partial charge < -0.3 is 10.1 Å². The lowest BCUT2D eigenvalue weighted by atomic mass is 10.4. The summed E-state index contributed by atoms with van der Waals surface area (Å²) in [6.45, 7) is 3.43. The maximum atomic E-state index is 10.8. The van der Waals surface area contributed by atoms with Crippen LogP contribution in [0, 0.1) is 0 Å². The highest BCUT2D eigenvalue weighted by molar-refractivity contribution is 5.67. The van der Waals surface area contributed by atoms with E-state index in [2.05, 4.69) is 10.6 Å². The first-order chi connectivity index (χ1) is 5.33. The van der Waals surface area contributed by atoms with Gasteiger partial charge in [0.25, 0.3) is 0 Å². The minimum atomic E-state index is -0.327. The number of hydrogen-bond acceptors (Lipinski definition) is 3. The van der Waals surface area contributed by atoms with E-state index in [9.17, 15) is 4.79 Å². The number of carbonyl (C=O) groups excluding carboxylic acids is 1. The molecule has 0 spiro atoms. The van der Waals surface area contributed by atoms with Gasteiger partial charge >= 0.3 is 6.09 Å². The normalized spacial score (nSPS) is 23.2. The molecule has 1 heterocycles. The van der Waals surface area contributed by atoms with Crippen LogP contribution in [0.3, 0.4) is 0 Å². The van der Waals surface area contributed by atoms with Gasteiger partial charge in [0.15, 0.2) is 6.23 Å². The molecule has 4 nitrogen and oxygen atoms in total. The molecule has 1 fully saturated rings. The molecule has 1 aliphatic rings. The first-order valence-electron chi connectivity index (χ1n) is 4.01. The molecule has 1 unspecified atom stereocenters. The number of ether oxygens (including phenoxy) is 1. The highest BCUT2D eigenvalue weighted by Crippen LogP contribution is 2.05. The fourth-order valence-corrected chi connectivity index (χ4v) is 1.07. The Balaban J connectivity index is 2.13. The summed E-state index contributed by atoms with van der Waals surface area (Å²) < 4.78 is 4.99. The summed E-state index contributed by atoms with van der Waals surface area (Å²) in [6.07, 6.45) is 1.62. The minimum absolute atomic E-state index is 0.0680. The molecule has 11 heavy (non-hydrogen) atoms. The summed E-state index contributed by atoms with van der Waals surface area (Å²) >= 11 is 0. The van der Waals surface area contributed by atoms with E-state index in [1.54, 1.807) is 0 Å². The Morgan fingerprint density at radius 2 is 2.64 bits per heavy atom. The lowest BCUT2D eigenvalue weighted by Crippen LogP contribution is -2.33. The van der Waals surface area contributed by atoms with Crippen LogP contribution in [-0.2, 0) is 4.74 Å². The van der Waals surface area contributed by atoms with Crippen LogP contribution in [-0.4, -0.2) is 25.4 Å². The fourth-order valence-electron chi connectivity index (χ4n) is 1.07. The summed E-state index contributed by atoms with van der Waals surface area (Å²) in [4.78, 5) is 10.8. The number of alkyl carbamates (subject to hydrolysis) is 1. The van der Waals surface area contributed by atoms with Gasteiger partial charge in [-0.15, -0.1) is 0 Å². The lowest BCUT2D eigenvalue weighted by Gasteiger charge is -2.11. The molecule has 0 radical (unpaired) electrons. The SMILES string of the molecule is CCNC(=O)OC1CCCN1. The van der Waals surface area contributed by atoms with Gasteiger partial charge in [-0.3, -0.25) is 5.32 Å². The topological polar surface area (TPSA) is 50.4 Å². The predicted octanol–water partition coefficient (Wildman–Crippen LogP) is 0.442. The molecule has 0 aromatic rings. The van der Waals surface area contributed by atoms with Crippen LogP contribution in [0.25, 0.3) is 0 Å². The van der Waals surface area contributed by atoms with Crippen LogP contribution < -0.4 is 10.6 Å². The van der Waals surface area contributed by atoms with Gasteiger partial charge in [0.2, 0.25) is 0 Å². The Kier molecular flexibility index (Phi) is 3.16. The van der Waals surface area contributed by atoms with Gasteiger partial charge in [0.1, 0.15) is 0 Å². The van der Waals surface area contributed by atoms with Crippen molar-refractivity contribution in [2.75, 3.05) is 13.1 Å². The number of carbonyl (C=O) groups is 1. The molecule has 0 aromatic heterocycles. The quantitative estimate of drug-likeness (QED) is 0.613. The maximum absolute atomic E-state index is 10.8. The van der Waals surface area contributed by atoms with Crippen LogP contribution in [0.15, 0.2) is 0 Å². The number of hydrogen-bond donors (Lipinski definition) is 2. The van der Waals surface area contributed by atoms with E-state index in [4.69, 9.17) is 4.74 Å². The molecule has 1 aliphatic heterocycles. The zero-order valence-electron chi connectivity index (χ0n) is 6.72. The summed E-state index contributed by atoms with van der Waals surface area (Å²) in [6, 6.07) is 0. The van der Waals surface area contributed by atoms with Crippen molar-refractivity contribution in [3.8, 4) is 0 Å². The molecule has 1 rings (SSSR count). The van der Waals surface area contributed by atoms with Gasteiger partial charge in [0, 0.05) is 6.54 Å². The van der Waals surface area contributed by atoms with Crippen molar-refractivity contribution in [2.24, 2.45) is 0 Å². The summed E-state index contributed by atoms with van der Waals surface area (Å²) in [5.41, 5.74) is 0. The van der Waals surface area contributed by atoms with E-state index in [0.29, 0.717) is 6.54 Å². The second kappa shape index (κ2) is 4.18. The Hall–Kier alpha value is -0.770. The fraction of sp³-hybridized carbons (Fsp3) is 0.857. The molecule has 1 saturated heterocycles. The molecule has 4 heteroatoms. The Labute approximate surface area is 66.3 Å². The largest absolute Gasteiger partial charge is 0.430 e. The number of rotatable bonds is 2. The second-order valence-electron chi connectivity index (χ2n) is 2.52. The molecule has 1 amide bonds. The van der Waals surface area contributed by atoms with Gasteiger partial charge in [-0.2, -0.15) is 0 Å². The Morgan fingerprint density at radius 1 is 1.82 bits per heavy atom. The molecule has 2 N–H and O–H groups in total. The van der Waals surface area contributed by atoms with Gasteiger partial charge in [-0.1, -0.05) is 0 Å². The molecule has 0 bridgehead atoms. The highest BCUT2D eigenvalue weighted by atomic mass is 16.6. The summed E-state index contributed by atoms with van der Waals surface area (Å²) in [5, 5.41) is 5.63. The summed E-state index contributed by atoms with van der Waals surface area (Å²) in [5.74, 6) is 0. The van der Waals surface area contributed by atoms with Crippen molar-refractivity contribution in [1.82, 2.24) is 10.6 Å². The highest BCUT2D eigenvalue weighted by Gasteiger charge is 2.17. The van der Waals surface area contributed by atoms with E-state index >= 15 is 0 Å². The van der Waals surface area contributed by atoms with Crippen molar-refractivity contribution in [3.63, 3.8) is 0 Å². The van der Waals surface area contributed by atoms with Crippen LogP contribution in [0.1, 0.15) is 19.8 Å². The van der Waals surface area contributed by atoms with Crippen molar-refractivity contribution in [2.45, 2.75) is 26.0 Å². The van der Waals surface area contributed by atoms with Crippen molar-refractivity contribution in [1.29, 1.82) is 0 Å². The minimum Gasteiger partial charge on any atom is -0.430 e. The van der Waals surface area contributed by atoms with Crippen LogP contribution in [0.4, 0.5) is 4.79 Å².